The maximum Gasteiger partial charge on any atom is 0.321 e. The summed E-state index contributed by atoms with van der Waals surface area (Å²) < 4.78 is 0. The topological polar surface area (TPSA) is 97.8 Å². The van der Waals surface area contributed by atoms with E-state index < -0.39 is 18.2 Å². The number of aryl methyl sites for hydroxylation is 1. The largest absolute Gasteiger partial charge is 0.390 e. The van der Waals surface area contributed by atoms with E-state index in [-0.39, 0.29) is 17.9 Å². The minimum Gasteiger partial charge on any atom is -0.390 e. The van der Waals surface area contributed by atoms with Crippen LogP contribution in [-0.4, -0.2) is 76.2 Å². The van der Waals surface area contributed by atoms with Crippen LogP contribution in [0.3, 0.4) is 0 Å². The molecule has 1 aliphatic heterocycles. The lowest BCUT2D eigenvalue weighted by Crippen LogP contribution is -2.57. The lowest BCUT2D eigenvalue weighted by atomic mass is 9.97. The van der Waals surface area contributed by atoms with E-state index in [1.165, 1.54) is 0 Å². The molecule has 3 N–H and O–H groups in total. The third kappa shape index (κ3) is 7.75. The number of benzene rings is 1. The van der Waals surface area contributed by atoms with Gasteiger partial charge in [0.2, 0.25) is 5.91 Å². The van der Waals surface area contributed by atoms with Crippen LogP contribution in [-0.2, 0) is 17.8 Å². The molecule has 0 unspecified atom stereocenters. The van der Waals surface area contributed by atoms with Crippen molar-refractivity contribution in [3.63, 3.8) is 0 Å². The van der Waals surface area contributed by atoms with E-state index in [2.05, 4.69) is 29.5 Å². The van der Waals surface area contributed by atoms with Crippen molar-refractivity contribution in [1.82, 2.24) is 25.4 Å². The van der Waals surface area contributed by atoms with Crippen molar-refractivity contribution >= 4 is 23.3 Å². The molecule has 0 aliphatic carbocycles. The summed E-state index contributed by atoms with van der Waals surface area (Å²) in [5.41, 5.74) is 1.91. The average molecular weight is 516 g/mol. The molecule has 1 aromatic carbocycles. The summed E-state index contributed by atoms with van der Waals surface area (Å²) in [6, 6.07) is 8.61. The number of thiazole rings is 1. The Kier molecular flexibility index (Phi) is 10.3. The highest BCUT2D eigenvalue weighted by Crippen LogP contribution is 2.21. The number of aromatic nitrogens is 1. The quantitative estimate of drug-likeness (QED) is 0.381. The van der Waals surface area contributed by atoms with E-state index in [4.69, 9.17) is 0 Å². The molecule has 3 atom stereocenters. The predicted molar refractivity (Wildman–Crippen MR) is 144 cm³/mol. The van der Waals surface area contributed by atoms with E-state index in [0.717, 1.165) is 22.8 Å². The van der Waals surface area contributed by atoms with E-state index >= 15 is 0 Å². The van der Waals surface area contributed by atoms with Gasteiger partial charge < -0.3 is 25.5 Å². The fraction of sp³-hybridized carbons (Fsp3) is 0.593. The summed E-state index contributed by atoms with van der Waals surface area (Å²) in [5, 5.41) is 20.3. The van der Waals surface area contributed by atoms with Crippen LogP contribution in [0.2, 0.25) is 0 Å². The Labute approximate surface area is 219 Å². The van der Waals surface area contributed by atoms with Crippen molar-refractivity contribution in [2.24, 2.45) is 11.8 Å². The molecule has 8 nitrogen and oxygen atoms in total. The highest BCUT2D eigenvalue weighted by molar-refractivity contribution is 7.09. The number of rotatable bonds is 13. The van der Waals surface area contributed by atoms with Crippen LogP contribution < -0.4 is 10.6 Å². The van der Waals surface area contributed by atoms with Gasteiger partial charge in [0.1, 0.15) is 6.04 Å². The van der Waals surface area contributed by atoms with Gasteiger partial charge >= 0.3 is 6.03 Å². The fourth-order valence-corrected chi connectivity index (χ4v) is 5.17. The van der Waals surface area contributed by atoms with Gasteiger partial charge in [-0.25, -0.2) is 9.78 Å². The number of nitrogens with one attached hydrogen (secondary N) is 2. The van der Waals surface area contributed by atoms with Crippen LogP contribution in [0.25, 0.3) is 0 Å². The van der Waals surface area contributed by atoms with Gasteiger partial charge in [0, 0.05) is 25.0 Å². The van der Waals surface area contributed by atoms with Gasteiger partial charge in [-0.1, -0.05) is 58.0 Å². The van der Waals surface area contributed by atoms with Crippen LogP contribution >= 0.6 is 11.3 Å². The summed E-state index contributed by atoms with van der Waals surface area (Å²) in [6.07, 6.45) is -0.259. The first-order valence-electron chi connectivity index (χ1n) is 12.8. The Morgan fingerprint density at radius 1 is 1.14 bits per heavy atom. The lowest BCUT2D eigenvalue weighted by molar-refractivity contribution is -0.128. The van der Waals surface area contributed by atoms with Crippen molar-refractivity contribution < 1.29 is 14.7 Å². The third-order valence-electron chi connectivity index (χ3n) is 6.38. The van der Waals surface area contributed by atoms with Gasteiger partial charge in [-0.15, -0.1) is 11.3 Å². The van der Waals surface area contributed by atoms with Crippen molar-refractivity contribution in [3.8, 4) is 0 Å². The van der Waals surface area contributed by atoms with E-state index in [0.29, 0.717) is 38.5 Å². The van der Waals surface area contributed by atoms with Crippen LogP contribution in [0.1, 0.15) is 44.0 Å². The average Bonchev–Trinajstić information content (AvgIpc) is 3.39. The number of aliphatic hydroxyl groups is 1. The van der Waals surface area contributed by atoms with Gasteiger partial charge in [0.15, 0.2) is 0 Å². The third-order valence-corrected chi connectivity index (χ3v) is 7.20. The first kappa shape index (κ1) is 28.1. The number of aliphatic hydroxyl groups excluding tert-OH is 1. The molecule has 1 aromatic heterocycles. The Hall–Kier alpha value is -2.49. The summed E-state index contributed by atoms with van der Waals surface area (Å²) in [5.74, 6) is 0.152. The van der Waals surface area contributed by atoms with E-state index in [1.54, 1.807) is 21.1 Å². The molecule has 36 heavy (non-hydrogen) atoms. The van der Waals surface area contributed by atoms with Crippen molar-refractivity contribution in [3.05, 3.63) is 52.0 Å². The van der Waals surface area contributed by atoms with Gasteiger partial charge in [0.25, 0.3) is 0 Å². The Bertz CT molecular complexity index is 981. The molecule has 0 spiro atoms. The van der Waals surface area contributed by atoms with Gasteiger partial charge in [-0.2, -0.15) is 0 Å². The smallest absolute Gasteiger partial charge is 0.321 e. The van der Waals surface area contributed by atoms with Gasteiger partial charge in [-0.05, 0) is 37.3 Å². The highest BCUT2D eigenvalue weighted by Gasteiger charge is 2.40. The predicted octanol–water partition coefficient (Wildman–Crippen LogP) is 3.05. The zero-order valence-corrected chi connectivity index (χ0v) is 22.9. The number of carbonyl (C=O) groups is 2. The maximum absolute atomic E-state index is 13.6. The number of urea groups is 1. The number of amides is 3. The molecule has 1 aliphatic rings. The summed E-state index contributed by atoms with van der Waals surface area (Å²) in [7, 11) is 0. The first-order chi connectivity index (χ1) is 17.2. The van der Waals surface area contributed by atoms with Crippen molar-refractivity contribution in [1.29, 1.82) is 0 Å². The summed E-state index contributed by atoms with van der Waals surface area (Å²) in [4.78, 5) is 34.8. The fourth-order valence-electron chi connectivity index (χ4n) is 4.57. The molecule has 198 valence electrons. The van der Waals surface area contributed by atoms with Crippen LogP contribution in [0.4, 0.5) is 4.79 Å². The van der Waals surface area contributed by atoms with Crippen molar-refractivity contribution in [2.75, 3.05) is 26.2 Å². The Balaban J connectivity index is 1.70. The van der Waals surface area contributed by atoms with E-state index in [1.807, 2.05) is 56.5 Å². The normalized spacial score (nSPS) is 16.6. The number of hydrogen-bond acceptors (Lipinski definition) is 6. The molecular formula is C27H41N5O3S. The minimum atomic E-state index is -0.764. The minimum absolute atomic E-state index is 0.0796. The zero-order valence-electron chi connectivity index (χ0n) is 22.1. The first-order valence-corrected chi connectivity index (χ1v) is 13.7. The standard InChI is InChI=1S/C27H41N5O3S/c1-18(2)14-28-15-24(33)23(13-21-9-7-6-8-10-21)30-26(34)25(19(3)4)32-12-11-31(27(32)35)16-22-17-36-20(5)29-22/h6-10,17-19,23-25,28,33H,11-16H2,1-5H3,(H,30,34)/t23-,24-,25-/m0/s1. The monoisotopic (exact) mass is 515 g/mol. The van der Waals surface area contributed by atoms with Crippen LogP contribution in [0, 0.1) is 18.8 Å². The van der Waals surface area contributed by atoms with Crippen LogP contribution in [0.15, 0.2) is 35.7 Å². The second kappa shape index (κ2) is 13.2. The molecule has 1 saturated heterocycles. The number of hydrogen-bond donors (Lipinski definition) is 3. The number of nitrogens with zero attached hydrogens (tertiary/aromatic N) is 3. The molecular weight excluding hydrogens is 474 g/mol. The Morgan fingerprint density at radius 3 is 2.47 bits per heavy atom. The maximum atomic E-state index is 13.6. The molecule has 2 aromatic rings. The summed E-state index contributed by atoms with van der Waals surface area (Å²) >= 11 is 1.57. The number of carbonyl (C=O) groups excluding carboxylic acids is 2. The highest BCUT2D eigenvalue weighted by atomic mass is 32.1. The Morgan fingerprint density at radius 2 is 1.86 bits per heavy atom. The summed E-state index contributed by atoms with van der Waals surface area (Å²) in [6.45, 7) is 12.7. The lowest BCUT2D eigenvalue weighted by Gasteiger charge is -2.33. The molecule has 0 saturated carbocycles. The molecule has 3 amide bonds. The van der Waals surface area contributed by atoms with E-state index in [9.17, 15) is 14.7 Å². The van der Waals surface area contributed by atoms with Gasteiger partial charge in [-0.3, -0.25) is 4.79 Å². The second-order valence-electron chi connectivity index (χ2n) is 10.4. The molecule has 3 rings (SSSR count). The molecule has 2 heterocycles. The second-order valence-corrected chi connectivity index (χ2v) is 11.4. The molecule has 0 bridgehead atoms. The van der Waals surface area contributed by atoms with Gasteiger partial charge in [0.05, 0.1) is 29.4 Å². The molecule has 1 fully saturated rings. The SMILES string of the molecule is Cc1nc(CN2CCN([C@H](C(=O)N[C@@H](Cc3ccccc3)[C@@H](O)CNCC(C)C)C(C)C)C2=O)cs1. The van der Waals surface area contributed by atoms with Crippen molar-refractivity contribution in [2.45, 2.75) is 65.8 Å². The van der Waals surface area contributed by atoms with Crippen LogP contribution in [0.5, 0.6) is 0 Å². The zero-order chi connectivity index (χ0) is 26.2. The molecule has 0 radical (unpaired) electrons. The molecule has 9 heteroatoms.